The zero-order valence-electron chi connectivity index (χ0n) is 12.2. The largest absolute Gasteiger partial charge is 0.324 e. The van der Waals surface area contributed by atoms with Gasteiger partial charge in [-0.15, -0.1) is 0 Å². The van der Waals surface area contributed by atoms with Crippen molar-refractivity contribution in [3.05, 3.63) is 24.3 Å². The molecule has 1 amide bonds. The van der Waals surface area contributed by atoms with E-state index >= 15 is 0 Å². The third-order valence-electron chi connectivity index (χ3n) is 3.12. The number of rotatable bonds is 5. The summed E-state index contributed by atoms with van der Waals surface area (Å²) in [5.74, 6) is -0.348. The topological polar surface area (TPSA) is 92.5 Å². The van der Waals surface area contributed by atoms with Crippen LogP contribution in [0.2, 0.25) is 0 Å². The predicted molar refractivity (Wildman–Crippen MR) is 78.8 cm³/mol. The minimum absolute atomic E-state index is 0.121. The fourth-order valence-corrected chi connectivity index (χ4v) is 2.33. The van der Waals surface area contributed by atoms with Crippen molar-refractivity contribution in [1.29, 1.82) is 0 Å². The van der Waals surface area contributed by atoms with Gasteiger partial charge in [0.05, 0.1) is 10.4 Å². The second-order valence-electron chi connectivity index (χ2n) is 5.04. The van der Waals surface area contributed by atoms with Crippen molar-refractivity contribution in [2.75, 3.05) is 19.4 Å². The summed E-state index contributed by atoms with van der Waals surface area (Å²) in [6.45, 7) is 3.44. The molecule has 1 unspecified atom stereocenters. The van der Waals surface area contributed by atoms with Crippen LogP contribution in [-0.4, -0.2) is 38.3 Å². The van der Waals surface area contributed by atoms with Crippen LogP contribution in [0.1, 0.15) is 20.3 Å². The van der Waals surface area contributed by atoms with Gasteiger partial charge in [0.15, 0.2) is 0 Å². The minimum Gasteiger partial charge on any atom is -0.324 e. The molecule has 0 spiro atoms. The molecule has 0 saturated carbocycles. The Morgan fingerprint density at radius 2 is 2.00 bits per heavy atom. The standard InChI is InChI=1S/C13H21N3O3S/c1-5-13(2,14)12(17)15-10-7-6-8-11(9-10)20(18,19)16(3)4/h6-9H,5,14H2,1-4H3,(H,15,17). The Morgan fingerprint density at radius 3 is 2.50 bits per heavy atom. The molecule has 1 aromatic rings. The maximum Gasteiger partial charge on any atom is 0.244 e. The first-order valence-electron chi connectivity index (χ1n) is 6.24. The smallest absolute Gasteiger partial charge is 0.244 e. The van der Waals surface area contributed by atoms with E-state index in [9.17, 15) is 13.2 Å². The average molecular weight is 299 g/mol. The van der Waals surface area contributed by atoms with Gasteiger partial charge in [0, 0.05) is 19.8 Å². The van der Waals surface area contributed by atoms with Crippen LogP contribution < -0.4 is 11.1 Å². The third kappa shape index (κ3) is 3.56. The first kappa shape index (κ1) is 16.6. The number of sulfonamides is 1. The Kier molecular flexibility index (Phi) is 4.90. The zero-order chi connectivity index (χ0) is 15.6. The molecular weight excluding hydrogens is 278 g/mol. The van der Waals surface area contributed by atoms with Gasteiger partial charge in [-0.25, -0.2) is 12.7 Å². The molecule has 0 aliphatic carbocycles. The van der Waals surface area contributed by atoms with Crippen LogP contribution in [0.5, 0.6) is 0 Å². The molecular formula is C13H21N3O3S. The lowest BCUT2D eigenvalue weighted by molar-refractivity contribution is -0.120. The first-order valence-corrected chi connectivity index (χ1v) is 7.68. The number of nitrogens with zero attached hydrogens (tertiary/aromatic N) is 1. The third-order valence-corrected chi connectivity index (χ3v) is 4.93. The Bertz CT molecular complexity index is 595. The highest BCUT2D eigenvalue weighted by Crippen LogP contribution is 2.19. The molecule has 0 aromatic heterocycles. The molecule has 0 radical (unpaired) electrons. The van der Waals surface area contributed by atoms with Gasteiger partial charge in [0.2, 0.25) is 15.9 Å². The molecule has 112 valence electrons. The van der Waals surface area contributed by atoms with Crippen LogP contribution in [0.15, 0.2) is 29.2 Å². The lowest BCUT2D eigenvalue weighted by Gasteiger charge is -2.21. The molecule has 20 heavy (non-hydrogen) atoms. The van der Waals surface area contributed by atoms with Crippen molar-refractivity contribution in [3.8, 4) is 0 Å². The summed E-state index contributed by atoms with van der Waals surface area (Å²) < 4.78 is 25.1. The summed E-state index contributed by atoms with van der Waals surface area (Å²) >= 11 is 0. The van der Waals surface area contributed by atoms with Crippen LogP contribution in [-0.2, 0) is 14.8 Å². The zero-order valence-corrected chi connectivity index (χ0v) is 13.0. The minimum atomic E-state index is -3.53. The number of amides is 1. The van der Waals surface area contributed by atoms with E-state index in [1.807, 2.05) is 6.92 Å². The van der Waals surface area contributed by atoms with E-state index in [4.69, 9.17) is 5.73 Å². The number of nitrogens with two attached hydrogens (primary N) is 1. The van der Waals surface area contributed by atoms with E-state index in [1.165, 1.54) is 26.2 Å². The van der Waals surface area contributed by atoms with E-state index in [2.05, 4.69) is 5.32 Å². The van der Waals surface area contributed by atoms with Gasteiger partial charge in [0.25, 0.3) is 0 Å². The molecule has 1 aromatic carbocycles. The molecule has 7 heteroatoms. The molecule has 6 nitrogen and oxygen atoms in total. The van der Waals surface area contributed by atoms with Gasteiger partial charge in [-0.05, 0) is 31.5 Å². The van der Waals surface area contributed by atoms with Crippen molar-refractivity contribution < 1.29 is 13.2 Å². The van der Waals surface area contributed by atoms with Gasteiger partial charge < -0.3 is 11.1 Å². The molecule has 0 aliphatic heterocycles. The van der Waals surface area contributed by atoms with Gasteiger partial charge in [0.1, 0.15) is 0 Å². The van der Waals surface area contributed by atoms with Crippen molar-refractivity contribution in [2.45, 2.75) is 30.7 Å². The summed E-state index contributed by atoms with van der Waals surface area (Å²) in [7, 11) is -0.619. The van der Waals surface area contributed by atoms with E-state index < -0.39 is 15.6 Å². The maximum absolute atomic E-state index is 12.0. The van der Waals surface area contributed by atoms with E-state index in [-0.39, 0.29) is 10.8 Å². The second-order valence-corrected chi connectivity index (χ2v) is 7.19. The Hall–Kier alpha value is -1.44. The number of carbonyl (C=O) groups excluding carboxylic acids is 1. The van der Waals surface area contributed by atoms with E-state index in [0.717, 1.165) is 4.31 Å². The lowest BCUT2D eigenvalue weighted by atomic mass is 9.99. The molecule has 1 rings (SSSR count). The van der Waals surface area contributed by atoms with Gasteiger partial charge in [-0.3, -0.25) is 4.79 Å². The highest BCUT2D eigenvalue weighted by atomic mass is 32.2. The fourth-order valence-electron chi connectivity index (χ4n) is 1.38. The van der Waals surface area contributed by atoms with Crippen molar-refractivity contribution in [1.82, 2.24) is 4.31 Å². The van der Waals surface area contributed by atoms with Crippen LogP contribution in [0.3, 0.4) is 0 Å². The summed E-state index contributed by atoms with van der Waals surface area (Å²) in [4.78, 5) is 12.1. The van der Waals surface area contributed by atoms with Crippen LogP contribution in [0.4, 0.5) is 5.69 Å². The number of hydrogen-bond acceptors (Lipinski definition) is 4. The van der Waals surface area contributed by atoms with Gasteiger partial charge >= 0.3 is 0 Å². The number of benzene rings is 1. The first-order chi connectivity index (χ1) is 9.11. The summed E-state index contributed by atoms with van der Waals surface area (Å²) in [6.07, 6.45) is 0.481. The van der Waals surface area contributed by atoms with Crippen LogP contribution in [0, 0.1) is 0 Å². The Labute approximate surface area is 120 Å². The molecule has 0 aliphatic rings. The Balaban J connectivity index is 3.05. The summed E-state index contributed by atoms with van der Waals surface area (Å²) in [5.41, 5.74) is 5.26. The van der Waals surface area contributed by atoms with Crippen molar-refractivity contribution in [2.24, 2.45) is 5.73 Å². The molecule has 0 saturated heterocycles. The van der Waals surface area contributed by atoms with Crippen LogP contribution >= 0.6 is 0 Å². The maximum atomic E-state index is 12.0. The van der Waals surface area contributed by atoms with Crippen molar-refractivity contribution >= 4 is 21.6 Å². The molecule has 1 atom stereocenters. The fraction of sp³-hybridized carbons (Fsp3) is 0.462. The predicted octanol–water partition coefficient (Wildman–Crippen LogP) is 1.00. The SMILES string of the molecule is CCC(C)(N)C(=O)Nc1cccc(S(=O)(=O)N(C)C)c1. The van der Waals surface area contributed by atoms with E-state index in [0.29, 0.717) is 12.1 Å². The average Bonchev–Trinajstić information content (AvgIpc) is 2.38. The summed E-state index contributed by atoms with van der Waals surface area (Å²) in [6, 6.07) is 6.09. The molecule has 0 fully saturated rings. The number of hydrogen-bond donors (Lipinski definition) is 2. The van der Waals surface area contributed by atoms with E-state index in [1.54, 1.807) is 19.1 Å². The number of anilines is 1. The number of nitrogens with one attached hydrogen (secondary N) is 1. The molecule has 3 N–H and O–H groups in total. The van der Waals surface area contributed by atoms with Crippen LogP contribution in [0.25, 0.3) is 0 Å². The molecule has 0 heterocycles. The number of carbonyl (C=O) groups is 1. The highest BCUT2D eigenvalue weighted by molar-refractivity contribution is 7.89. The van der Waals surface area contributed by atoms with Crippen molar-refractivity contribution in [3.63, 3.8) is 0 Å². The monoisotopic (exact) mass is 299 g/mol. The lowest BCUT2D eigenvalue weighted by Crippen LogP contribution is -2.47. The quantitative estimate of drug-likeness (QED) is 0.848. The van der Waals surface area contributed by atoms with Gasteiger partial charge in [-0.1, -0.05) is 13.0 Å². The molecule has 0 bridgehead atoms. The second kappa shape index (κ2) is 5.90. The summed E-state index contributed by atoms with van der Waals surface area (Å²) in [5, 5.41) is 2.64. The Morgan fingerprint density at radius 1 is 1.40 bits per heavy atom. The van der Waals surface area contributed by atoms with Gasteiger partial charge in [-0.2, -0.15) is 0 Å². The normalized spacial score (nSPS) is 14.9. The highest BCUT2D eigenvalue weighted by Gasteiger charge is 2.26.